The van der Waals surface area contributed by atoms with Gasteiger partial charge in [0, 0.05) is 4.47 Å². The molecule has 3 aromatic rings. The van der Waals surface area contributed by atoms with Crippen LogP contribution in [0.2, 0.25) is 0 Å². The number of rotatable bonds is 2. The number of carboxylic acid groups (broad SMARTS) is 1. The summed E-state index contributed by atoms with van der Waals surface area (Å²) < 4.78 is 16.2. The van der Waals surface area contributed by atoms with Crippen molar-refractivity contribution >= 4 is 32.9 Å². The number of carboxylic acids is 1. The van der Waals surface area contributed by atoms with Crippen LogP contribution in [0, 0.1) is 5.82 Å². The van der Waals surface area contributed by atoms with Crippen LogP contribution >= 0.6 is 15.9 Å². The van der Waals surface area contributed by atoms with Gasteiger partial charge in [0.2, 0.25) is 0 Å². The van der Waals surface area contributed by atoms with Crippen LogP contribution in [-0.2, 0) is 0 Å². The molecule has 0 amide bonds. The molecule has 0 spiro atoms. The van der Waals surface area contributed by atoms with Gasteiger partial charge in [-0.2, -0.15) is 0 Å². The molecule has 0 fully saturated rings. The second-order valence-electron chi connectivity index (χ2n) is 4.22. The maximum Gasteiger partial charge on any atom is 0.335 e. The first-order valence-electron chi connectivity index (χ1n) is 5.72. The van der Waals surface area contributed by atoms with Gasteiger partial charge in [-0.15, -0.1) is 0 Å². The number of nitrogens with zero attached hydrogens (tertiary/aromatic N) is 2. The third-order valence-electron chi connectivity index (χ3n) is 2.96. The van der Waals surface area contributed by atoms with E-state index in [1.165, 1.54) is 29.1 Å². The Morgan fingerprint density at radius 1 is 1.25 bits per heavy atom. The average Bonchev–Trinajstić information content (AvgIpc) is 2.81. The molecule has 2 aromatic carbocycles. The standard InChI is InChI=1S/C14H8BrFN2O2/c15-9-2-4-12(10(16)6-9)18-7-17-11-3-1-8(14(19)20)5-13(11)18/h1-7H,(H,19,20). The van der Waals surface area contributed by atoms with Gasteiger partial charge in [-0.3, -0.25) is 4.57 Å². The second kappa shape index (κ2) is 4.72. The van der Waals surface area contributed by atoms with Crippen molar-refractivity contribution in [3.8, 4) is 5.69 Å². The molecular weight excluding hydrogens is 327 g/mol. The highest BCUT2D eigenvalue weighted by atomic mass is 79.9. The van der Waals surface area contributed by atoms with E-state index in [0.717, 1.165) is 0 Å². The summed E-state index contributed by atoms with van der Waals surface area (Å²) in [5, 5.41) is 9.02. The fourth-order valence-electron chi connectivity index (χ4n) is 2.01. The van der Waals surface area contributed by atoms with Crippen LogP contribution in [0.4, 0.5) is 4.39 Å². The molecule has 0 saturated carbocycles. The summed E-state index contributed by atoms with van der Waals surface area (Å²) in [7, 11) is 0. The van der Waals surface area contributed by atoms with E-state index in [-0.39, 0.29) is 5.56 Å². The van der Waals surface area contributed by atoms with Gasteiger partial charge >= 0.3 is 5.97 Å². The van der Waals surface area contributed by atoms with E-state index >= 15 is 0 Å². The number of halogens is 2. The zero-order valence-corrected chi connectivity index (χ0v) is 11.6. The largest absolute Gasteiger partial charge is 0.478 e. The Morgan fingerprint density at radius 3 is 2.75 bits per heavy atom. The number of aromatic nitrogens is 2. The molecule has 0 aliphatic heterocycles. The Balaban J connectivity index is 2.25. The van der Waals surface area contributed by atoms with Gasteiger partial charge in [-0.25, -0.2) is 14.2 Å². The molecule has 4 nitrogen and oxygen atoms in total. The third kappa shape index (κ3) is 2.08. The van der Waals surface area contributed by atoms with Gasteiger partial charge in [-0.05, 0) is 36.4 Å². The number of carbonyl (C=O) groups is 1. The quantitative estimate of drug-likeness (QED) is 0.778. The van der Waals surface area contributed by atoms with Gasteiger partial charge in [0.1, 0.15) is 12.1 Å². The van der Waals surface area contributed by atoms with Crippen LogP contribution in [-0.4, -0.2) is 20.6 Å². The van der Waals surface area contributed by atoms with Crippen LogP contribution in [0.25, 0.3) is 16.7 Å². The Hall–Kier alpha value is -2.21. The fourth-order valence-corrected chi connectivity index (χ4v) is 2.34. The second-order valence-corrected chi connectivity index (χ2v) is 5.13. The first-order chi connectivity index (χ1) is 9.56. The van der Waals surface area contributed by atoms with E-state index in [9.17, 15) is 9.18 Å². The molecule has 1 heterocycles. The van der Waals surface area contributed by atoms with Crippen molar-refractivity contribution in [1.82, 2.24) is 9.55 Å². The summed E-state index contributed by atoms with van der Waals surface area (Å²) in [5.74, 6) is -1.45. The molecule has 0 atom stereocenters. The van der Waals surface area contributed by atoms with Crippen LogP contribution in [0.5, 0.6) is 0 Å². The zero-order valence-electron chi connectivity index (χ0n) is 10.0. The predicted octanol–water partition coefficient (Wildman–Crippen LogP) is 3.63. The SMILES string of the molecule is O=C(O)c1ccc2ncn(-c3ccc(Br)cc3F)c2c1. The Kier molecular flexibility index (Phi) is 3.02. The summed E-state index contributed by atoms with van der Waals surface area (Å²) in [4.78, 5) is 15.2. The summed E-state index contributed by atoms with van der Waals surface area (Å²) in [6.07, 6.45) is 1.47. The first kappa shape index (κ1) is 12.8. The third-order valence-corrected chi connectivity index (χ3v) is 3.46. The normalized spacial score (nSPS) is 10.9. The number of imidazole rings is 1. The molecule has 0 aliphatic rings. The molecule has 0 radical (unpaired) electrons. The lowest BCUT2D eigenvalue weighted by Crippen LogP contribution is -1.99. The van der Waals surface area contributed by atoms with E-state index in [2.05, 4.69) is 20.9 Å². The Labute approximate surface area is 121 Å². The zero-order chi connectivity index (χ0) is 14.3. The van der Waals surface area contributed by atoms with Crippen molar-refractivity contribution in [2.45, 2.75) is 0 Å². The number of hydrogen-bond acceptors (Lipinski definition) is 2. The summed E-state index contributed by atoms with van der Waals surface area (Å²) in [6, 6.07) is 9.22. The lowest BCUT2D eigenvalue weighted by atomic mass is 10.2. The molecule has 0 aliphatic carbocycles. The monoisotopic (exact) mass is 334 g/mol. The highest BCUT2D eigenvalue weighted by Crippen LogP contribution is 2.23. The van der Waals surface area contributed by atoms with E-state index in [4.69, 9.17) is 5.11 Å². The maximum absolute atomic E-state index is 14.0. The van der Waals surface area contributed by atoms with E-state index < -0.39 is 11.8 Å². The smallest absolute Gasteiger partial charge is 0.335 e. The van der Waals surface area contributed by atoms with Gasteiger partial charge in [0.15, 0.2) is 0 Å². The Morgan fingerprint density at radius 2 is 2.05 bits per heavy atom. The molecule has 0 saturated heterocycles. The van der Waals surface area contributed by atoms with Crippen molar-refractivity contribution in [1.29, 1.82) is 0 Å². The van der Waals surface area contributed by atoms with Crippen molar-refractivity contribution < 1.29 is 14.3 Å². The number of fused-ring (bicyclic) bond motifs is 1. The molecule has 1 N–H and O–H groups in total. The van der Waals surface area contributed by atoms with Gasteiger partial charge in [-0.1, -0.05) is 15.9 Å². The topological polar surface area (TPSA) is 55.1 Å². The summed E-state index contributed by atoms with van der Waals surface area (Å²) in [5.41, 5.74) is 1.61. The van der Waals surface area contributed by atoms with E-state index in [0.29, 0.717) is 21.2 Å². The van der Waals surface area contributed by atoms with Crippen LogP contribution in [0.3, 0.4) is 0 Å². The van der Waals surface area contributed by atoms with Crippen LogP contribution < -0.4 is 0 Å². The van der Waals surface area contributed by atoms with Crippen molar-refractivity contribution in [3.63, 3.8) is 0 Å². The molecule has 20 heavy (non-hydrogen) atoms. The number of benzene rings is 2. The lowest BCUT2D eigenvalue weighted by Gasteiger charge is -2.06. The highest BCUT2D eigenvalue weighted by Gasteiger charge is 2.12. The Bertz CT molecular complexity index is 829. The first-order valence-corrected chi connectivity index (χ1v) is 6.51. The molecule has 3 rings (SSSR count). The van der Waals surface area contributed by atoms with Crippen molar-refractivity contribution in [2.75, 3.05) is 0 Å². The summed E-state index contributed by atoms with van der Waals surface area (Å²) >= 11 is 3.20. The molecule has 0 unspecified atom stereocenters. The van der Waals surface area contributed by atoms with Gasteiger partial charge in [0.05, 0.1) is 22.3 Å². The van der Waals surface area contributed by atoms with Crippen molar-refractivity contribution in [2.24, 2.45) is 0 Å². The molecule has 100 valence electrons. The predicted molar refractivity (Wildman–Crippen MR) is 75.7 cm³/mol. The minimum Gasteiger partial charge on any atom is -0.478 e. The van der Waals surface area contributed by atoms with E-state index in [1.54, 1.807) is 18.2 Å². The minimum absolute atomic E-state index is 0.136. The average molecular weight is 335 g/mol. The van der Waals surface area contributed by atoms with E-state index in [1.807, 2.05) is 0 Å². The molecule has 0 bridgehead atoms. The van der Waals surface area contributed by atoms with Crippen LogP contribution in [0.1, 0.15) is 10.4 Å². The molecule has 1 aromatic heterocycles. The summed E-state index contributed by atoms with van der Waals surface area (Å²) in [6.45, 7) is 0. The minimum atomic E-state index is -1.03. The van der Waals surface area contributed by atoms with Gasteiger partial charge in [0.25, 0.3) is 0 Å². The molecule has 6 heteroatoms. The number of hydrogen-bond donors (Lipinski definition) is 1. The number of aromatic carboxylic acids is 1. The van der Waals surface area contributed by atoms with Gasteiger partial charge < -0.3 is 5.11 Å². The fraction of sp³-hybridized carbons (Fsp3) is 0. The highest BCUT2D eigenvalue weighted by molar-refractivity contribution is 9.10. The van der Waals surface area contributed by atoms with Crippen molar-refractivity contribution in [3.05, 3.63) is 58.6 Å². The lowest BCUT2D eigenvalue weighted by molar-refractivity contribution is 0.0697. The molecular formula is C14H8BrFN2O2. The van der Waals surface area contributed by atoms with Crippen LogP contribution in [0.15, 0.2) is 47.2 Å². The maximum atomic E-state index is 14.0.